The van der Waals surface area contributed by atoms with Crippen LogP contribution in [0.1, 0.15) is 46.0 Å². The molecule has 4 nitrogen and oxygen atoms in total. The normalized spacial score (nSPS) is 29.6. The van der Waals surface area contributed by atoms with Gasteiger partial charge in [0.15, 0.2) is 5.96 Å². The number of nitrogens with zero attached hydrogens (tertiary/aromatic N) is 1. The van der Waals surface area contributed by atoms with Crippen molar-refractivity contribution < 1.29 is 4.74 Å². The highest BCUT2D eigenvalue weighted by atomic mass is 16.5. The van der Waals surface area contributed by atoms with E-state index in [9.17, 15) is 0 Å². The van der Waals surface area contributed by atoms with E-state index in [1.807, 2.05) is 7.05 Å². The van der Waals surface area contributed by atoms with Gasteiger partial charge in [0.2, 0.25) is 0 Å². The number of rotatable bonds is 5. The quantitative estimate of drug-likeness (QED) is 0.581. The maximum Gasteiger partial charge on any atom is 0.191 e. The van der Waals surface area contributed by atoms with Crippen molar-refractivity contribution in [3.8, 4) is 0 Å². The molecular weight excluding hydrogens is 226 g/mol. The predicted molar refractivity (Wildman–Crippen MR) is 74.9 cm³/mol. The topological polar surface area (TPSA) is 45.7 Å². The first-order chi connectivity index (χ1) is 8.76. The molecule has 2 rings (SSSR count). The van der Waals surface area contributed by atoms with E-state index >= 15 is 0 Å². The number of guanidine groups is 1. The van der Waals surface area contributed by atoms with Crippen molar-refractivity contribution in [1.82, 2.24) is 10.6 Å². The minimum Gasteiger partial charge on any atom is -0.378 e. The molecule has 1 spiro atoms. The molecule has 0 aromatic heterocycles. The SMILES string of the molecule is CCCNC(=NC)NC1CC(OCC)C12CCC2. The summed E-state index contributed by atoms with van der Waals surface area (Å²) in [6.45, 7) is 6.08. The molecule has 2 unspecified atom stereocenters. The Balaban J connectivity index is 1.87. The number of ether oxygens (including phenoxy) is 1. The lowest BCUT2D eigenvalue weighted by molar-refractivity contribution is -0.168. The Labute approximate surface area is 111 Å². The van der Waals surface area contributed by atoms with Gasteiger partial charge in [0, 0.05) is 31.7 Å². The van der Waals surface area contributed by atoms with Crippen LogP contribution in [0, 0.1) is 5.41 Å². The van der Waals surface area contributed by atoms with Gasteiger partial charge >= 0.3 is 0 Å². The Bertz CT molecular complexity index is 299. The average Bonchev–Trinajstić information content (AvgIpc) is 2.29. The number of aliphatic imine (C=N–C) groups is 1. The average molecular weight is 253 g/mol. The van der Waals surface area contributed by atoms with Crippen LogP contribution in [0.5, 0.6) is 0 Å². The highest BCUT2D eigenvalue weighted by molar-refractivity contribution is 5.80. The van der Waals surface area contributed by atoms with Crippen LogP contribution >= 0.6 is 0 Å². The highest BCUT2D eigenvalue weighted by Gasteiger charge is 2.59. The first kappa shape index (κ1) is 13.7. The van der Waals surface area contributed by atoms with Crippen LogP contribution in [0.25, 0.3) is 0 Å². The van der Waals surface area contributed by atoms with Crippen LogP contribution in [-0.2, 0) is 4.74 Å². The van der Waals surface area contributed by atoms with Crippen molar-refractivity contribution in [2.24, 2.45) is 10.4 Å². The van der Waals surface area contributed by atoms with Crippen molar-refractivity contribution in [1.29, 1.82) is 0 Å². The van der Waals surface area contributed by atoms with Crippen LogP contribution < -0.4 is 10.6 Å². The Hall–Kier alpha value is -0.770. The van der Waals surface area contributed by atoms with Gasteiger partial charge in [0.05, 0.1) is 6.10 Å². The smallest absolute Gasteiger partial charge is 0.191 e. The molecule has 2 saturated carbocycles. The molecular formula is C14H27N3O. The largest absolute Gasteiger partial charge is 0.378 e. The summed E-state index contributed by atoms with van der Waals surface area (Å²) in [5.41, 5.74) is 0.403. The van der Waals surface area contributed by atoms with E-state index in [1.165, 1.54) is 19.3 Å². The molecule has 0 aliphatic heterocycles. The molecule has 2 aliphatic rings. The maximum absolute atomic E-state index is 5.86. The fourth-order valence-electron chi connectivity index (χ4n) is 3.24. The summed E-state index contributed by atoms with van der Waals surface area (Å²) in [5, 5.41) is 6.93. The lowest BCUT2D eigenvalue weighted by atomic mass is 9.51. The van der Waals surface area contributed by atoms with Gasteiger partial charge in [-0.15, -0.1) is 0 Å². The highest BCUT2D eigenvalue weighted by Crippen LogP contribution is 2.57. The van der Waals surface area contributed by atoms with Gasteiger partial charge in [-0.3, -0.25) is 4.99 Å². The molecule has 2 atom stereocenters. The molecule has 0 aromatic rings. The van der Waals surface area contributed by atoms with E-state index in [2.05, 4.69) is 29.5 Å². The zero-order valence-corrected chi connectivity index (χ0v) is 12.0. The molecule has 0 heterocycles. The molecule has 4 heteroatoms. The van der Waals surface area contributed by atoms with Gasteiger partial charge in [0.1, 0.15) is 0 Å². The predicted octanol–water partition coefficient (Wildman–Crippen LogP) is 1.91. The minimum atomic E-state index is 0.403. The molecule has 2 N–H and O–H groups in total. The minimum absolute atomic E-state index is 0.403. The van der Waals surface area contributed by atoms with Crippen molar-refractivity contribution in [3.05, 3.63) is 0 Å². The summed E-state index contributed by atoms with van der Waals surface area (Å²) >= 11 is 0. The van der Waals surface area contributed by atoms with Gasteiger partial charge in [-0.05, 0) is 32.6 Å². The summed E-state index contributed by atoms with van der Waals surface area (Å²) in [6.07, 6.45) is 6.68. The van der Waals surface area contributed by atoms with Crippen molar-refractivity contribution in [2.75, 3.05) is 20.2 Å². The lowest BCUT2D eigenvalue weighted by Crippen LogP contribution is -2.68. The molecule has 0 aromatic carbocycles. The summed E-state index contributed by atoms with van der Waals surface area (Å²) < 4.78 is 5.86. The second-order valence-corrected chi connectivity index (χ2v) is 5.46. The van der Waals surface area contributed by atoms with Crippen LogP contribution in [-0.4, -0.2) is 38.3 Å². The molecule has 0 radical (unpaired) electrons. The second kappa shape index (κ2) is 5.91. The molecule has 2 aliphatic carbocycles. The zero-order chi connectivity index (χ0) is 13.0. The van der Waals surface area contributed by atoms with Crippen LogP contribution in [0.4, 0.5) is 0 Å². The molecule has 0 amide bonds. The van der Waals surface area contributed by atoms with Gasteiger partial charge in [0.25, 0.3) is 0 Å². The fraction of sp³-hybridized carbons (Fsp3) is 0.929. The van der Waals surface area contributed by atoms with E-state index in [0.29, 0.717) is 17.6 Å². The Morgan fingerprint density at radius 3 is 2.67 bits per heavy atom. The maximum atomic E-state index is 5.86. The monoisotopic (exact) mass is 253 g/mol. The molecule has 0 saturated heterocycles. The van der Waals surface area contributed by atoms with Crippen LogP contribution in [0.15, 0.2) is 4.99 Å². The van der Waals surface area contributed by atoms with Crippen LogP contribution in [0.2, 0.25) is 0 Å². The first-order valence-corrected chi connectivity index (χ1v) is 7.35. The lowest BCUT2D eigenvalue weighted by Gasteiger charge is -2.61. The number of hydrogen-bond acceptors (Lipinski definition) is 2. The van der Waals surface area contributed by atoms with E-state index < -0.39 is 0 Å². The van der Waals surface area contributed by atoms with Crippen LogP contribution in [0.3, 0.4) is 0 Å². The first-order valence-electron chi connectivity index (χ1n) is 7.35. The van der Waals surface area contributed by atoms with Gasteiger partial charge < -0.3 is 15.4 Å². The van der Waals surface area contributed by atoms with Crippen molar-refractivity contribution >= 4 is 5.96 Å². The second-order valence-electron chi connectivity index (χ2n) is 5.46. The summed E-state index contributed by atoms with van der Waals surface area (Å²) in [5.74, 6) is 0.947. The molecule has 18 heavy (non-hydrogen) atoms. The Morgan fingerprint density at radius 2 is 2.17 bits per heavy atom. The standard InChI is InChI=1S/C14H27N3O/c1-4-9-16-13(15-3)17-11-10-12(18-5-2)14(11)7-6-8-14/h11-12H,4-10H2,1-3H3,(H2,15,16,17). The van der Waals surface area contributed by atoms with E-state index in [0.717, 1.165) is 32.0 Å². The third kappa shape index (κ3) is 2.35. The van der Waals surface area contributed by atoms with Crippen molar-refractivity contribution in [3.63, 3.8) is 0 Å². The van der Waals surface area contributed by atoms with Gasteiger partial charge in [-0.25, -0.2) is 0 Å². The van der Waals surface area contributed by atoms with Crippen molar-refractivity contribution in [2.45, 2.75) is 58.1 Å². The zero-order valence-electron chi connectivity index (χ0n) is 12.0. The fourth-order valence-corrected chi connectivity index (χ4v) is 3.24. The molecule has 104 valence electrons. The van der Waals surface area contributed by atoms with Gasteiger partial charge in [-0.2, -0.15) is 0 Å². The summed E-state index contributed by atoms with van der Waals surface area (Å²) in [4.78, 5) is 4.30. The number of hydrogen-bond donors (Lipinski definition) is 2. The van der Waals surface area contributed by atoms with E-state index in [-0.39, 0.29) is 0 Å². The van der Waals surface area contributed by atoms with E-state index in [1.54, 1.807) is 0 Å². The Kier molecular flexibility index (Phi) is 4.49. The Morgan fingerprint density at radius 1 is 1.39 bits per heavy atom. The summed E-state index contributed by atoms with van der Waals surface area (Å²) in [6, 6.07) is 0.547. The molecule has 0 bridgehead atoms. The molecule has 2 fully saturated rings. The number of nitrogens with one attached hydrogen (secondary N) is 2. The van der Waals surface area contributed by atoms with E-state index in [4.69, 9.17) is 4.74 Å². The van der Waals surface area contributed by atoms with Gasteiger partial charge in [-0.1, -0.05) is 13.3 Å². The third-order valence-corrected chi connectivity index (χ3v) is 4.51. The third-order valence-electron chi connectivity index (χ3n) is 4.51. The summed E-state index contributed by atoms with van der Waals surface area (Å²) in [7, 11) is 1.84.